The molecule has 3 aromatic rings. The van der Waals surface area contributed by atoms with Gasteiger partial charge in [0.15, 0.2) is 0 Å². The number of amides is 1. The third-order valence-electron chi connectivity index (χ3n) is 3.01. The van der Waals surface area contributed by atoms with Gasteiger partial charge in [0, 0.05) is 18.0 Å². The van der Waals surface area contributed by atoms with E-state index in [1.54, 1.807) is 31.2 Å². The molecule has 3 rings (SSSR count). The highest BCUT2D eigenvalue weighted by molar-refractivity contribution is 6.33. The molecule has 0 aliphatic rings. The van der Waals surface area contributed by atoms with Crippen molar-refractivity contribution in [2.24, 2.45) is 0 Å². The first-order valence-electron chi connectivity index (χ1n) is 6.46. The maximum absolute atomic E-state index is 12.5. The van der Waals surface area contributed by atoms with Crippen molar-refractivity contribution >= 4 is 23.5 Å². The summed E-state index contributed by atoms with van der Waals surface area (Å²) >= 11 is 6.17. The van der Waals surface area contributed by atoms with Crippen LogP contribution in [0, 0.1) is 6.92 Å². The normalized spacial score (nSPS) is 10.5. The van der Waals surface area contributed by atoms with E-state index in [1.807, 2.05) is 6.07 Å². The van der Waals surface area contributed by atoms with Crippen LogP contribution in [0.15, 0.2) is 47.2 Å². The summed E-state index contributed by atoms with van der Waals surface area (Å²) in [6.45, 7) is 1.66. The first kappa shape index (κ1) is 14.2. The minimum absolute atomic E-state index is 0.207. The molecule has 0 bridgehead atoms. The monoisotopic (exact) mass is 314 g/mol. The lowest BCUT2D eigenvalue weighted by Gasteiger charge is -2.05. The molecule has 6 nitrogen and oxygen atoms in total. The van der Waals surface area contributed by atoms with Crippen LogP contribution in [-0.2, 0) is 0 Å². The van der Waals surface area contributed by atoms with Crippen molar-refractivity contribution in [3.63, 3.8) is 0 Å². The van der Waals surface area contributed by atoms with Gasteiger partial charge in [0.1, 0.15) is 17.0 Å². The number of carbonyl (C=O) groups excluding carboxylic acids is 1. The molecule has 22 heavy (non-hydrogen) atoms. The van der Waals surface area contributed by atoms with Gasteiger partial charge in [-0.3, -0.25) is 10.1 Å². The number of hydrogen-bond acceptors (Lipinski definition) is 5. The molecule has 1 aromatic carbocycles. The molecular weight excluding hydrogens is 304 g/mol. The van der Waals surface area contributed by atoms with Crippen molar-refractivity contribution in [3.8, 4) is 11.3 Å². The number of halogens is 1. The van der Waals surface area contributed by atoms with E-state index < -0.39 is 5.91 Å². The lowest BCUT2D eigenvalue weighted by Crippen LogP contribution is -2.15. The number of hydrogen-bond donors (Lipinski definition) is 1. The second-order valence-electron chi connectivity index (χ2n) is 4.47. The van der Waals surface area contributed by atoms with Gasteiger partial charge in [-0.1, -0.05) is 35.0 Å². The molecule has 0 radical (unpaired) electrons. The maximum Gasteiger partial charge on any atom is 0.263 e. The van der Waals surface area contributed by atoms with Crippen molar-refractivity contribution in [1.82, 2.24) is 15.1 Å². The van der Waals surface area contributed by atoms with E-state index in [2.05, 4.69) is 20.4 Å². The molecular formula is C15H11ClN4O2. The van der Waals surface area contributed by atoms with Crippen LogP contribution in [-0.4, -0.2) is 21.0 Å². The Hall–Kier alpha value is -2.73. The van der Waals surface area contributed by atoms with Crippen LogP contribution < -0.4 is 5.32 Å². The van der Waals surface area contributed by atoms with Crippen LogP contribution in [0.3, 0.4) is 0 Å². The first-order chi connectivity index (χ1) is 10.7. The molecule has 2 heterocycles. The fraction of sp³-hybridized carbons (Fsp3) is 0.0667. The number of carbonyl (C=O) groups is 1. The fourth-order valence-corrected chi connectivity index (χ4v) is 2.23. The molecule has 7 heteroatoms. The van der Waals surface area contributed by atoms with Crippen LogP contribution in [0.5, 0.6) is 0 Å². The molecule has 1 amide bonds. The Morgan fingerprint density at radius 3 is 2.64 bits per heavy atom. The summed E-state index contributed by atoms with van der Waals surface area (Å²) in [6, 6.07) is 8.78. The van der Waals surface area contributed by atoms with Crippen molar-refractivity contribution < 1.29 is 9.32 Å². The van der Waals surface area contributed by atoms with Crippen LogP contribution in [0.1, 0.15) is 16.1 Å². The minimum Gasteiger partial charge on any atom is -0.360 e. The van der Waals surface area contributed by atoms with Crippen molar-refractivity contribution in [1.29, 1.82) is 0 Å². The highest BCUT2D eigenvalue weighted by atomic mass is 35.5. The van der Waals surface area contributed by atoms with E-state index in [0.29, 0.717) is 27.6 Å². The number of aryl methyl sites for hydroxylation is 1. The summed E-state index contributed by atoms with van der Waals surface area (Å²) in [6.07, 6.45) is 3.08. The second kappa shape index (κ2) is 5.95. The summed E-state index contributed by atoms with van der Waals surface area (Å²) in [5.41, 5.74) is 1.32. The Kier molecular flexibility index (Phi) is 3.84. The number of nitrogens with zero attached hydrogens (tertiary/aromatic N) is 3. The predicted octanol–water partition coefficient (Wildman–Crippen LogP) is 3.35. The molecule has 0 aliphatic heterocycles. The van der Waals surface area contributed by atoms with E-state index in [4.69, 9.17) is 16.1 Å². The van der Waals surface area contributed by atoms with E-state index in [0.717, 1.165) is 0 Å². The molecule has 0 fully saturated rings. The highest BCUT2D eigenvalue weighted by Gasteiger charge is 2.23. The van der Waals surface area contributed by atoms with Gasteiger partial charge in [0.2, 0.25) is 5.95 Å². The van der Waals surface area contributed by atoms with Gasteiger partial charge >= 0.3 is 0 Å². The predicted molar refractivity (Wildman–Crippen MR) is 81.7 cm³/mol. The number of aromatic nitrogens is 3. The van der Waals surface area contributed by atoms with Gasteiger partial charge in [-0.05, 0) is 19.1 Å². The molecule has 0 atom stereocenters. The highest BCUT2D eigenvalue weighted by Crippen LogP contribution is 2.31. The first-order valence-corrected chi connectivity index (χ1v) is 6.84. The van der Waals surface area contributed by atoms with E-state index in [-0.39, 0.29) is 5.95 Å². The van der Waals surface area contributed by atoms with E-state index in [9.17, 15) is 4.79 Å². The van der Waals surface area contributed by atoms with Gasteiger partial charge in [-0.15, -0.1) is 0 Å². The second-order valence-corrected chi connectivity index (χ2v) is 4.88. The van der Waals surface area contributed by atoms with E-state index >= 15 is 0 Å². The van der Waals surface area contributed by atoms with Crippen molar-refractivity contribution in [2.45, 2.75) is 6.92 Å². The minimum atomic E-state index is -0.403. The van der Waals surface area contributed by atoms with Crippen LogP contribution in [0.4, 0.5) is 5.95 Å². The smallest absolute Gasteiger partial charge is 0.263 e. The zero-order valence-electron chi connectivity index (χ0n) is 11.6. The lowest BCUT2D eigenvalue weighted by molar-refractivity contribution is 0.102. The van der Waals surface area contributed by atoms with Gasteiger partial charge in [-0.2, -0.15) is 0 Å². The van der Waals surface area contributed by atoms with Crippen LogP contribution in [0.2, 0.25) is 5.02 Å². The summed E-state index contributed by atoms with van der Waals surface area (Å²) in [5.74, 6) is 0.196. The lowest BCUT2D eigenvalue weighted by atomic mass is 10.1. The van der Waals surface area contributed by atoms with Crippen molar-refractivity contribution in [3.05, 3.63) is 59.1 Å². The molecule has 0 aliphatic carbocycles. The third kappa shape index (κ3) is 2.68. The van der Waals surface area contributed by atoms with Gasteiger partial charge in [-0.25, -0.2) is 9.97 Å². The molecule has 0 unspecified atom stereocenters. The molecule has 2 aromatic heterocycles. The molecule has 0 saturated heterocycles. The summed E-state index contributed by atoms with van der Waals surface area (Å²) < 4.78 is 5.15. The molecule has 1 N–H and O–H groups in total. The van der Waals surface area contributed by atoms with Crippen LogP contribution in [0.25, 0.3) is 11.3 Å². The Bertz CT molecular complexity index is 817. The summed E-state index contributed by atoms with van der Waals surface area (Å²) in [4.78, 5) is 20.4. The van der Waals surface area contributed by atoms with Crippen molar-refractivity contribution in [2.75, 3.05) is 5.32 Å². The standard InChI is InChI=1S/C15H11ClN4O2/c1-9-12(14(21)19-15-17-7-4-8-18-15)13(20-22-9)10-5-2-3-6-11(10)16/h2-8H,1H3,(H,17,18,19,21). The largest absolute Gasteiger partial charge is 0.360 e. The van der Waals surface area contributed by atoms with Gasteiger partial charge in [0.05, 0.1) is 5.02 Å². The zero-order valence-corrected chi connectivity index (χ0v) is 12.3. The van der Waals surface area contributed by atoms with E-state index in [1.165, 1.54) is 12.4 Å². The zero-order chi connectivity index (χ0) is 15.5. The Balaban J connectivity index is 1.99. The summed E-state index contributed by atoms with van der Waals surface area (Å²) in [7, 11) is 0. The molecule has 0 saturated carbocycles. The maximum atomic E-state index is 12.5. The number of benzene rings is 1. The Morgan fingerprint density at radius 2 is 1.91 bits per heavy atom. The number of nitrogens with one attached hydrogen (secondary N) is 1. The third-order valence-corrected chi connectivity index (χ3v) is 3.34. The number of rotatable bonds is 3. The SMILES string of the molecule is Cc1onc(-c2ccccc2Cl)c1C(=O)Nc1ncccn1. The Morgan fingerprint density at radius 1 is 1.18 bits per heavy atom. The average molecular weight is 315 g/mol. The topological polar surface area (TPSA) is 80.9 Å². The van der Waals surface area contributed by atoms with Crippen LogP contribution >= 0.6 is 11.6 Å². The summed E-state index contributed by atoms with van der Waals surface area (Å²) in [5, 5.41) is 7.05. The number of anilines is 1. The van der Waals surface area contributed by atoms with Gasteiger partial charge < -0.3 is 4.52 Å². The van der Waals surface area contributed by atoms with Gasteiger partial charge in [0.25, 0.3) is 5.91 Å². The fourth-order valence-electron chi connectivity index (χ4n) is 2.00. The molecule has 110 valence electrons. The quantitative estimate of drug-likeness (QED) is 0.801. The molecule has 0 spiro atoms. The average Bonchev–Trinajstić information content (AvgIpc) is 2.90. The Labute approximate surface area is 131 Å².